The molecule has 0 aromatic heterocycles. The number of nitrogens with zero attached hydrogens (tertiary/aromatic N) is 2. The normalized spacial score (nSPS) is 11.8. The maximum atomic E-state index is 13.2. The minimum absolute atomic E-state index is 0.128. The number of rotatable bonds is 7. The number of hydrogen-bond donors (Lipinski definition) is 0. The number of benzene rings is 1. The Hall–Kier alpha value is -2.21. The lowest BCUT2D eigenvalue weighted by Crippen LogP contribution is -2.41. The van der Waals surface area contributed by atoms with Crippen LogP contribution in [0, 0.1) is 5.82 Å². The van der Waals surface area contributed by atoms with Crippen LogP contribution in [0.15, 0.2) is 30.3 Å². The summed E-state index contributed by atoms with van der Waals surface area (Å²) in [6.45, 7) is 6.21. The summed E-state index contributed by atoms with van der Waals surface area (Å²) in [5.41, 5.74) is -0.0247. The highest BCUT2D eigenvalue weighted by atomic mass is 19.1. The SMILES string of the molecule is CN(C)CCN(CC(=O)OC(C)(C)C)C(=O)/C=C/c1cccc(F)c1. The largest absolute Gasteiger partial charge is 0.459 e. The van der Waals surface area contributed by atoms with Crippen molar-refractivity contribution < 1.29 is 18.7 Å². The Kier molecular flexibility index (Phi) is 7.77. The highest BCUT2D eigenvalue weighted by Gasteiger charge is 2.21. The third-order valence-corrected chi connectivity index (χ3v) is 3.14. The molecule has 138 valence electrons. The van der Waals surface area contributed by atoms with Gasteiger partial charge < -0.3 is 14.5 Å². The summed E-state index contributed by atoms with van der Waals surface area (Å²) in [4.78, 5) is 27.8. The Morgan fingerprint density at radius 3 is 2.44 bits per heavy atom. The standard InChI is InChI=1S/C19H27FN2O3/c1-19(2,3)25-18(24)14-22(12-11-21(4)5)17(23)10-9-15-7-6-8-16(20)13-15/h6-10,13H,11-12,14H2,1-5H3/b10-9+. The van der Waals surface area contributed by atoms with E-state index < -0.39 is 11.6 Å². The number of amides is 1. The van der Waals surface area contributed by atoms with E-state index in [1.54, 1.807) is 32.9 Å². The van der Waals surface area contributed by atoms with Crippen molar-refractivity contribution in [2.24, 2.45) is 0 Å². The second kappa shape index (κ2) is 9.32. The predicted molar refractivity (Wildman–Crippen MR) is 96.4 cm³/mol. The van der Waals surface area contributed by atoms with Crippen molar-refractivity contribution in [1.82, 2.24) is 9.80 Å². The molecule has 0 saturated carbocycles. The minimum Gasteiger partial charge on any atom is -0.459 e. The maximum absolute atomic E-state index is 13.2. The average Bonchev–Trinajstić information content (AvgIpc) is 2.47. The lowest BCUT2D eigenvalue weighted by atomic mass is 10.2. The van der Waals surface area contributed by atoms with Crippen molar-refractivity contribution in [1.29, 1.82) is 0 Å². The van der Waals surface area contributed by atoms with E-state index in [1.807, 2.05) is 19.0 Å². The lowest BCUT2D eigenvalue weighted by Gasteiger charge is -2.25. The Morgan fingerprint density at radius 1 is 1.20 bits per heavy atom. The molecule has 0 unspecified atom stereocenters. The van der Waals surface area contributed by atoms with Crippen molar-refractivity contribution in [3.8, 4) is 0 Å². The Labute approximate surface area is 149 Å². The molecule has 6 heteroatoms. The number of carbonyl (C=O) groups is 2. The molecule has 0 heterocycles. The molecule has 1 aromatic carbocycles. The molecule has 0 aliphatic carbocycles. The summed E-state index contributed by atoms with van der Waals surface area (Å²) in [5, 5.41) is 0. The maximum Gasteiger partial charge on any atom is 0.326 e. The van der Waals surface area contributed by atoms with Crippen LogP contribution in [0.1, 0.15) is 26.3 Å². The molecule has 0 saturated heterocycles. The fraction of sp³-hybridized carbons (Fsp3) is 0.474. The van der Waals surface area contributed by atoms with Gasteiger partial charge in [0.05, 0.1) is 0 Å². The van der Waals surface area contributed by atoms with E-state index in [2.05, 4.69) is 0 Å². The monoisotopic (exact) mass is 350 g/mol. The van der Waals surface area contributed by atoms with Gasteiger partial charge in [-0.05, 0) is 58.6 Å². The lowest BCUT2D eigenvalue weighted by molar-refractivity contribution is -0.158. The highest BCUT2D eigenvalue weighted by molar-refractivity contribution is 5.93. The van der Waals surface area contributed by atoms with Crippen LogP contribution in [0.4, 0.5) is 4.39 Å². The van der Waals surface area contributed by atoms with E-state index in [-0.39, 0.29) is 18.3 Å². The van der Waals surface area contributed by atoms with Gasteiger partial charge in [0.15, 0.2) is 0 Å². The first kappa shape index (κ1) is 20.8. The zero-order chi connectivity index (χ0) is 19.0. The first-order chi connectivity index (χ1) is 11.6. The fourth-order valence-corrected chi connectivity index (χ4v) is 2.00. The summed E-state index contributed by atoms with van der Waals surface area (Å²) < 4.78 is 18.5. The van der Waals surface area contributed by atoms with Crippen LogP contribution < -0.4 is 0 Å². The Bertz CT molecular complexity index is 621. The van der Waals surface area contributed by atoms with E-state index in [9.17, 15) is 14.0 Å². The molecule has 1 aromatic rings. The highest BCUT2D eigenvalue weighted by Crippen LogP contribution is 2.09. The molecule has 0 radical (unpaired) electrons. The average molecular weight is 350 g/mol. The van der Waals surface area contributed by atoms with Crippen LogP contribution >= 0.6 is 0 Å². The quantitative estimate of drug-likeness (QED) is 0.560. The number of esters is 1. The van der Waals surface area contributed by atoms with Crippen LogP contribution in [0.5, 0.6) is 0 Å². The number of hydrogen-bond acceptors (Lipinski definition) is 4. The van der Waals surface area contributed by atoms with Crippen molar-refractivity contribution in [2.75, 3.05) is 33.7 Å². The van der Waals surface area contributed by atoms with Crippen molar-refractivity contribution >= 4 is 18.0 Å². The zero-order valence-corrected chi connectivity index (χ0v) is 15.6. The third kappa shape index (κ3) is 9.00. The second-order valence-electron chi connectivity index (χ2n) is 7.04. The van der Waals surface area contributed by atoms with Crippen LogP contribution in [-0.2, 0) is 14.3 Å². The minimum atomic E-state index is -0.606. The van der Waals surface area contributed by atoms with Gasteiger partial charge in [-0.25, -0.2) is 4.39 Å². The molecular formula is C19H27FN2O3. The van der Waals surface area contributed by atoms with Gasteiger partial charge >= 0.3 is 5.97 Å². The van der Waals surface area contributed by atoms with E-state index in [0.717, 1.165) is 0 Å². The third-order valence-electron chi connectivity index (χ3n) is 3.14. The fourth-order valence-electron chi connectivity index (χ4n) is 2.00. The van der Waals surface area contributed by atoms with Gasteiger partial charge in [-0.15, -0.1) is 0 Å². The van der Waals surface area contributed by atoms with Gasteiger partial charge in [-0.2, -0.15) is 0 Å². The molecule has 0 N–H and O–H groups in total. The van der Waals surface area contributed by atoms with Crippen molar-refractivity contribution in [3.05, 3.63) is 41.7 Å². The summed E-state index contributed by atoms with van der Waals surface area (Å²) in [5.74, 6) is -1.15. The van der Waals surface area contributed by atoms with Gasteiger partial charge in [0, 0.05) is 19.2 Å². The Balaban J connectivity index is 2.79. The molecular weight excluding hydrogens is 323 g/mol. The molecule has 1 rings (SSSR count). The Morgan fingerprint density at radius 2 is 1.88 bits per heavy atom. The first-order valence-electron chi connectivity index (χ1n) is 8.16. The second-order valence-corrected chi connectivity index (χ2v) is 7.04. The molecule has 0 atom stereocenters. The summed E-state index contributed by atoms with van der Waals surface area (Å²) in [7, 11) is 3.78. The van der Waals surface area contributed by atoms with E-state index in [0.29, 0.717) is 18.7 Å². The molecule has 0 aliphatic rings. The zero-order valence-electron chi connectivity index (χ0n) is 15.6. The van der Waals surface area contributed by atoms with Gasteiger partial charge in [0.1, 0.15) is 18.0 Å². The number of ether oxygens (including phenoxy) is 1. The van der Waals surface area contributed by atoms with Crippen molar-refractivity contribution in [3.63, 3.8) is 0 Å². The van der Waals surface area contributed by atoms with Crippen LogP contribution in [-0.4, -0.2) is 61.0 Å². The van der Waals surface area contributed by atoms with Crippen molar-refractivity contribution in [2.45, 2.75) is 26.4 Å². The molecule has 25 heavy (non-hydrogen) atoms. The van der Waals surface area contributed by atoms with Gasteiger partial charge in [0.25, 0.3) is 0 Å². The molecule has 5 nitrogen and oxygen atoms in total. The van der Waals surface area contributed by atoms with E-state index >= 15 is 0 Å². The summed E-state index contributed by atoms with van der Waals surface area (Å²) in [6, 6.07) is 5.95. The van der Waals surface area contributed by atoms with Gasteiger partial charge in [-0.1, -0.05) is 12.1 Å². The van der Waals surface area contributed by atoms with E-state index in [4.69, 9.17) is 4.74 Å². The van der Waals surface area contributed by atoms with Crippen LogP contribution in [0.3, 0.4) is 0 Å². The van der Waals surface area contributed by atoms with Crippen LogP contribution in [0.25, 0.3) is 6.08 Å². The van der Waals surface area contributed by atoms with E-state index in [1.165, 1.54) is 29.2 Å². The number of carbonyl (C=O) groups excluding carboxylic acids is 2. The molecule has 0 bridgehead atoms. The molecule has 0 spiro atoms. The number of likely N-dealkylation sites (N-methyl/N-ethyl adjacent to an activating group) is 1. The first-order valence-corrected chi connectivity index (χ1v) is 8.16. The summed E-state index contributed by atoms with van der Waals surface area (Å²) >= 11 is 0. The van der Waals surface area contributed by atoms with Gasteiger partial charge in [-0.3, -0.25) is 9.59 Å². The van der Waals surface area contributed by atoms with Gasteiger partial charge in [0.2, 0.25) is 5.91 Å². The predicted octanol–water partition coefficient (Wildman–Crippen LogP) is 2.57. The molecule has 1 amide bonds. The smallest absolute Gasteiger partial charge is 0.326 e. The molecule has 0 aliphatic heterocycles. The number of halogens is 1. The topological polar surface area (TPSA) is 49.9 Å². The summed E-state index contributed by atoms with van der Waals surface area (Å²) in [6.07, 6.45) is 2.87. The molecule has 0 fully saturated rings. The van der Waals surface area contributed by atoms with Crippen LogP contribution in [0.2, 0.25) is 0 Å².